The van der Waals surface area contributed by atoms with Crippen LogP contribution < -0.4 is 4.74 Å². The Morgan fingerprint density at radius 2 is 1.93 bits per heavy atom. The summed E-state index contributed by atoms with van der Waals surface area (Å²) in [7, 11) is -1.14. The van der Waals surface area contributed by atoms with Crippen molar-refractivity contribution in [2.45, 2.75) is 30.8 Å². The van der Waals surface area contributed by atoms with E-state index in [1.54, 1.807) is 18.0 Å². The van der Waals surface area contributed by atoms with E-state index >= 15 is 0 Å². The van der Waals surface area contributed by atoms with Gasteiger partial charge in [-0.3, -0.25) is 13.9 Å². The summed E-state index contributed by atoms with van der Waals surface area (Å²) >= 11 is 0. The van der Waals surface area contributed by atoms with E-state index in [2.05, 4.69) is 13.0 Å². The Balaban J connectivity index is 1.82. The first-order valence-electron chi connectivity index (χ1n) is 10.2. The van der Waals surface area contributed by atoms with Crippen molar-refractivity contribution in [1.29, 1.82) is 0 Å². The van der Waals surface area contributed by atoms with E-state index in [-0.39, 0.29) is 23.8 Å². The normalized spacial score (nSPS) is 25.5. The van der Waals surface area contributed by atoms with Crippen molar-refractivity contribution in [2.24, 2.45) is 11.8 Å². The fraction of sp³-hybridized carbons (Fsp3) is 0.435. The second kappa shape index (κ2) is 8.23. The van der Waals surface area contributed by atoms with Gasteiger partial charge in [-0.25, -0.2) is 0 Å². The third kappa shape index (κ3) is 4.07. The van der Waals surface area contributed by atoms with E-state index < -0.39 is 10.6 Å². The van der Waals surface area contributed by atoms with Gasteiger partial charge >= 0.3 is 0 Å². The Morgan fingerprint density at radius 1 is 1.20 bits per heavy atom. The molecule has 1 saturated heterocycles. The summed E-state index contributed by atoms with van der Waals surface area (Å²) in [6.45, 7) is 3.44. The molecule has 1 aromatic carbocycles. The van der Waals surface area contributed by atoms with Crippen molar-refractivity contribution < 1.29 is 23.4 Å². The van der Waals surface area contributed by atoms with Gasteiger partial charge in [-0.2, -0.15) is 10.6 Å². The van der Waals surface area contributed by atoms with Gasteiger partial charge in [0.25, 0.3) is 5.91 Å². The average Bonchev–Trinajstić information content (AvgIpc) is 2.71. The Hall–Kier alpha value is -2.06. The van der Waals surface area contributed by atoms with Gasteiger partial charge in [0.05, 0.1) is 18.1 Å². The van der Waals surface area contributed by atoms with E-state index in [1.807, 2.05) is 30.5 Å². The second-order valence-electron chi connectivity index (χ2n) is 8.27. The number of amides is 1. The van der Waals surface area contributed by atoms with Crippen LogP contribution in [0.4, 0.5) is 0 Å². The van der Waals surface area contributed by atoms with Crippen LogP contribution in [-0.4, -0.2) is 52.5 Å². The maximum atomic E-state index is 12.8. The van der Waals surface area contributed by atoms with E-state index in [0.717, 1.165) is 29.6 Å². The summed E-state index contributed by atoms with van der Waals surface area (Å²) in [5.41, 5.74) is 2.50. The molecule has 2 atom stereocenters. The van der Waals surface area contributed by atoms with Crippen molar-refractivity contribution in [3.63, 3.8) is 0 Å². The number of hydrogen-bond donors (Lipinski definition) is 2. The number of allylic oxidation sites excluding steroid dienone is 4. The molecule has 1 aliphatic carbocycles. The number of rotatable bonds is 4. The molecule has 0 radical (unpaired) electrons. The zero-order valence-electron chi connectivity index (χ0n) is 17.6. The van der Waals surface area contributed by atoms with E-state index in [4.69, 9.17) is 9.47 Å². The fourth-order valence-corrected chi connectivity index (χ4v) is 4.99. The van der Waals surface area contributed by atoms with Gasteiger partial charge in [0.1, 0.15) is 11.9 Å². The summed E-state index contributed by atoms with van der Waals surface area (Å²) in [5, 5.41) is 0. The van der Waals surface area contributed by atoms with Crippen LogP contribution in [0.3, 0.4) is 0 Å². The molecule has 2 heterocycles. The number of hydrogen-bond acceptors (Lipinski definition) is 5. The summed E-state index contributed by atoms with van der Waals surface area (Å²) in [6.07, 6.45) is 10.9. The first-order chi connectivity index (χ1) is 14.3. The Morgan fingerprint density at radius 3 is 2.63 bits per heavy atom. The van der Waals surface area contributed by atoms with Crippen molar-refractivity contribution in [1.82, 2.24) is 4.90 Å². The van der Waals surface area contributed by atoms with E-state index in [1.165, 1.54) is 6.26 Å². The number of ether oxygens (including phenoxy) is 2. The van der Waals surface area contributed by atoms with Crippen LogP contribution in [0.15, 0.2) is 53.1 Å². The molecule has 2 N–H and O–H groups in total. The Labute approximate surface area is 179 Å². The van der Waals surface area contributed by atoms with Gasteiger partial charge in [-0.15, -0.1) is 0 Å². The highest BCUT2D eigenvalue weighted by Crippen LogP contribution is 2.49. The highest BCUT2D eigenvalue weighted by atomic mass is 32.3. The third-order valence-corrected chi connectivity index (χ3v) is 7.10. The second-order valence-corrected chi connectivity index (χ2v) is 10.4. The van der Waals surface area contributed by atoms with Crippen molar-refractivity contribution in [2.75, 3.05) is 26.5 Å². The molecule has 1 amide bonds. The lowest BCUT2D eigenvalue weighted by Crippen LogP contribution is -2.35. The molecule has 3 aliphatic rings. The standard InChI is InChI=1S/C23H29NO5S/c1-15-5-4-6-18-22(15)20(14-24(2)23(18)25)19-13-17(30(3,26)27)7-8-21(19)29-16-9-11-28-12-10-16/h4-8,13-16,22,26-27H,9-12H2,1-3H3. The predicted octanol–water partition coefficient (Wildman–Crippen LogP) is 4.55. The monoisotopic (exact) mass is 431 g/mol. The number of carbonyl (C=O) groups excluding carboxylic acids is 1. The maximum absolute atomic E-state index is 12.8. The molecule has 2 unspecified atom stereocenters. The van der Waals surface area contributed by atoms with Crippen LogP contribution in [0.1, 0.15) is 25.3 Å². The average molecular weight is 432 g/mol. The highest BCUT2D eigenvalue weighted by molar-refractivity contribution is 8.23. The molecule has 2 aliphatic heterocycles. The van der Waals surface area contributed by atoms with Gasteiger partial charge in [0, 0.05) is 49.4 Å². The van der Waals surface area contributed by atoms with Crippen molar-refractivity contribution in [3.05, 3.63) is 53.8 Å². The van der Waals surface area contributed by atoms with E-state index in [0.29, 0.717) is 23.9 Å². The minimum Gasteiger partial charge on any atom is -0.490 e. The molecule has 0 aromatic heterocycles. The van der Waals surface area contributed by atoms with Gasteiger partial charge in [-0.1, -0.05) is 25.2 Å². The number of likely N-dealkylation sites (N-methyl/N-ethyl adjacent to an activating group) is 1. The molecule has 6 nitrogen and oxygen atoms in total. The summed E-state index contributed by atoms with van der Waals surface area (Å²) in [6, 6.07) is 5.34. The van der Waals surface area contributed by atoms with Crippen molar-refractivity contribution in [3.8, 4) is 5.75 Å². The predicted molar refractivity (Wildman–Crippen MR) is 119 cm³/mol. The van der Waals surface area contributed by atoms with Gasteiger partial charge in [0.2, 0.25) is 0 Å². The summed E-state index contributed by atoms with van der Waals surface area (Å²) in [4.78, 5) is 14.8. The molecular weight excluding hydrogens is 402 g/mol. The van der Waals surface area contributed by atoms with Crippen LogP contribution in [0, 0.1) is 11.8 Å². The SMILES string of the molecule is CC1C=CC=C2C(=O)N(C)C=C(c3cc(S(C)(O)O)ccc3OC3CCOCC3)C21. The zero-order valence-corrected chi connectivity index (χ0v) is 18.4. The van der Waals surface area contributed by atoms with Crippen LogP contribution in [0.5, 0.6) is 5.75 Å². The lowest BCUT2D eigenvalue weighted by atomic mass is 9.74. The fourth-order valence-electron chi connectivity index (χ4n) is 4.33. The highest BCUT2D eigenvalue weighted by Gasteiger charge is 2.37. The Kier molecular flexibility index (Phi) is 5.81. The Bertz CT molecular complexity index is 924. The quantitative estimate of drug-likeness (QED) is 0.731. The lowest BCUT2D eigenvalue weighted by Gasteiger charge is -2.37. The first kappa shape index (κ1) is 21.2. The summed E-state index contributed by atoms with van der Waals surface area (Å²) in [5.74, 6) is 0.715. The minimum absolute atomic E-state index is 0.0113. The van der Waals surface area contributed by atoms with Gasteiger partial charge in [-0.05, 0) is 29.7 Å². The largest absolute Gasteiger partial charge is 0.490 e. The first-order valence-corrected chi connectivity index (χ1v) is 12.2. The van der Waals surface area contributed by atoms with Crippen LogP contribution >= 0.6 is 10.6 Å². The number of benzene rings is 1. The van der Waals surface area contributed by atoms with Crippen molar-refractivity contribution >= 4 is 22.1 Å². The van der Waals surface area contributed by atoms with Gasteiger partial charge in [0.15, 0.2) is 0 Å². The molecule has 1 aromatic rings. The smallest absolute Gasteiger partial charge is 0.254 e. The molecular formula is C23H29NO5S. The molecule has 4 rings (SSSR count). The van der Waals surface area contributed by atoms with Crippen LogP contribution in [0.2, 0.25) is 0 Å². The van der Waals surface area contributed by atoms with Crippen LogP contribution in [-0.2, 0) is 9.53 Å². The lowest BCUT2D eigenvalue weighted by molar-refractivity contribution is -0.124. The maximum Gasteiger partial charge on any atom is 0.254 e. The molecule has 0 bridgehead atoms. The van der Waals surface area contributed by atoms with E-state index in [9.17, 15) is 13.9 Å². The van der Waals surface area contributed by atoms with Crippen LogP contribution in [0.25, 0.3) is 5.57 Å². The molecule has 1 fully saturated rings. The zero-order chi connectivity index (χ0) is 21.5. The molecule has 0 spiro atoms. The summed E-state index contributed by atoms with van der Waals surface area (Å²) < 4.78 is 32.4. The number of nitrogens with zero attached hydrogens (tertiary/aromatic N) is 1. The molecule has 162 valence electrons. The van der Waals surface area contributed by atoms with Gasteiger partial charge < -0.3 is 14.4 Å². The minimum atomic E-state index is -2.89. The molecule has 30 heavy (non-hydrogen) atoms. The number of carbonyl (C=O) groups is 1. The molecule has 0 saturated carbocycles. The number of fused-ring (bicyclic) bond motifs is 1. The molecule has 7 heteroatoms. The topological polar surface area (TPSA) is 79.2 Å². The third-order valence-electron chi connectivity index (χ3n) is 5.96.